The maximum atomic E-state index is 13.0. The van der Waals surface area contributed by atoms with Crippen LogP contribution in [0.25, 0.3) is 11.4 Å². The van der Waals surface area contributed by atoms with Gasteiger partial charge < -0.3 is 20.6 Å². The number of aliphatic hydroxyl groups is 1. The smallest absolute Gasteiger partial charge is 0.277 e. The zero-order chi connectivity index (χ0) is 24.3. The fourth-order valence-electron chi connectivity index (χ4n) is 3.27. The Bertz CT molecular complexity index is 1160. The molecule has 0 spiro atoms. The molecule has 0 fully saturated rings. The second-order valence-electron chi connectivity index (χ2n) is 9.27. The number of carbonyl (C=O) groups is 1. The summed E-state index contributed by atoms with van der Waals surface area (Å²) in [5, 5.41) is 21.6. The summed E-state index contributed by atoms with van der Waals surface area (Å²) in [5.41, 5.74) is 5.46. The zero-order valence-electron chi connectivity index (χ0n) is 19.4. The Morgan fingerprint density at radius 3 is 2.45 bits per heavy atom. The van der Waals surface area contributed by atoms with Gasteiger partial charge in [0, 0.05) is 11.0 Å². The van der Waals surface area contributed by atoms with E-state index in [4.69, 9.17) is 10.2 Å². The Labute approximate surface area is 191 Å². The normalized spacial score (nSPS) is 13.7. The summed E-state index contributed by atoms with van der Waals surface area (Å²) in [4.78, 5) is 29.9. The molecule has 10 nitrogen and oxygen atoms in total. The zero-order valence-corrected chi connectivity index (χ0v) is 19.4. The van der Waals surface area contributed by atoms with Crippen molar-refractivity contribution in [1.82, 2.24) is 25.1 Å². The number of nitrogens with two attached hydrogens (primary N) is 1. The Balaban J connectivity index is 1.85. The van der Waals surface area contributed by atoms with Crippen LogP contribution in [0.3, 0.4) is 0 Å². The van der Waals surface area contributed by atoms with E-state index in [1.807, 2.05) is 52.8 Å². The maximum absolute atomic E-state index is 13.0. The molecule has 1 amide bonds. The largest absolute Gasteiger partial charge is 0.422 e. The van der Waals surface area contributed by atoms with Crippen LogP contribution in [0.2, 0.25) is 0 Å². The monoisotopic (exact) mass is 454 g/mol. The number of hydrogen-bond acceptors (Lipinski definition) is 8. The summed E-state index contributed by atoms with van der Waals surface area (Å²) in [6.07, 6.45) is 0.0594. The molecule has 2 heterocycles. The predicted octanol–water partition coefficient (Wildman–Crippen LogP) is 2.05. The van der Waals surface area contributed by atoms with Gasteiger partial charge >= 0.3 is 0 Å². The first-order valence-corrected chi connectivity index (χ1v) is 10.7. The average Bonchev–Trinajstić information content (AvgIpc) is 3.26. The van der Waals surface area contributed by atoms with Crippen molar-refractivity contribution in [2.24, 2.45) is 5.92 Å². The van der Waals surface area contributed by atoms with E-state index in [0.29, 0.717) is 17.3 Å². The van der Waals surface area contributed by atoms with E-state index in [9.17, 15) is 14.7 Å². The van der Waals surface area contributed by atoms with E-state index < -0.39 is 23.6 Å². The van der Waals surface area contributed by atoms with Crippen LogP contribution in [-0.4, -0.2) is 36.8 Å². The van der Waals surface area contributed by atoms with Crippen LogP contribution in [-0.2, 0) is 16.8 Å². The van der Waals surface area contributed by atoms with E-state index in [1.165, 1.54) is 10.8 Å². The van der Waals surface area contributed by atoms with Gasteiger partial charge in [0.2, 0.25) is 17.7 Å². The molecule has 0 bridgehead atoms. The van der Waals surface area contributed by atoms with Crippen LogP contribution >= 0.6 is 0 Å². The second-order valence-corrected chi connectivity index (χ2v) is 9.27. The molecule has 3 aromatic rings. The van der Waals surface area contributed by atoms with Crippen LogP contribution in [0.15, 0.2) is 45.7 Å². The number of amides is 1. The van der Waals surface area contributed by atoms with E-state index in [0.717, 1.165) is 0 Å². The van der Waals surface area contributed by atoms with Crippen molar-refractivity contribution in [2.45, 2.75) is 58.7 Å². The highest BCUT2D eigenvalue weighted by atomic mass is 16.4. The highest BCUT2D eigenvalue weighted by Crippen LogP contribution is 2.26. The second kappa shape index (κ2) is 9.53. The summed E-state index contributed by atoms with van der Waals surface area (Å²) in [6.45, 7) is 9.12. The average molecular weight is 455 g/mol. The van der Waals surface area contributed by atoms with E-state index >= 15 is 0 Å². The minimum absolute atomic E-state index is 0.0201. The number of nitrogens with zero attached hydrogens (tertiary/aromatic N) is 4. The van der Waals surface area contributed by atoms with Crippen molar-refractivity contribution < 1.29 is 14.3 Å². The molecule has 2 atom stereocenters. The fourth-order valence-corrected chi connectivity index (χ4v) is 3.27. The number of aliphatic hydroxyl groups excluding tert-OH is 1. The molecule has 0 aliphatic carbocycles. The van der Waals surface area contributed by atoms with Crippen LogP contribution in [0.4, 0.5) is 5.69 Å². The Morgan fingerprint density at radius 2 is 1.88 bits per heavy atom. The summed E-state index contributed by atoms with van der Waals surface area (Å²) in [5.74, 6) is 0.0634. The number of aromatic nitrogens is 4. The number of anilines is 1. The Morgan fingerprint density at radius 1 is 1.21 bits per heavy atom. The highest BCUT2D eigenvalue weighted by molar-refractivity contribution is 5.77. The Kier molecular flexibility index (Phi) is 6.97. The molecule has 0 saturated heterocycles. The van der Waals surface area contributed by atoms with Crippen molar-refractivity contribution in [3.63, 3.8) is 0 Å². The first-order chi connectivity index (χ1) is 15.5. The standard InChI is InChI=1S/C23H30N6O4/c1-13(2)17(18(31)20-27-28-22(33-20)23(3,4)5)26-16(30)12-29-19(14-9-7-6-8-10-14)25-11-15(24)21(29)32/h6-11,13,17-18,31H,12,24H2,1-5H3,(H,26,30)/t17-,18-/m1/s1. The lowest BCUT2D eigenvalue weighted by Gasteiger charge is -2.26. The van der Waals surface area contributed by atoms with E-state index in [-0.39, 0.29) is 29.5 Å². The number of carbonyl (C=O) groups excluding carboxylic acids is 1. The molecule has 33 heavy (non-hydrogen) atoms. The molecule has 3 rings (SSSR count). The van der Waals surface area contributed by atoms with Crippen LogP contribution in [0.1, 0.15) is 52.5 Å². The number of nitrogens with one attached hydrogen (secondary N) is 1. The Hall–Kier alpha value is -3.53. The van der Waals surface area contributed by atoms with Crippen molar-refractivity contribution in [1.29, 1.82) is 0 Å². The summed E-state index contributed by atoms with van der Waals surface area (Å²) in [7, 11) is 0. The summed E-state index contributed by atoms with van der Waals surface area (Å²) in [6, 6.07) is 8.31. The molecule has 0 radical (unpaired) electrons. The van der Waals surface area contributed by atoms with Gasteiger partial charge in [-0.3, -0.25) is 14.2 Å². The summed E-state index contributed by atoms with van der Waals surface area (Å²) < 4.78 is 6.86. The molecule has 0 unspecified atom stereocenters. The molecule has 10 heteroatoms. The molecule has 0 saturated carbocycles. The van der Waals surface area contributed by atoms with Gasteiger partial charge in [0.05, 0.1) is 12.2 Å². The molecular weight excluding hydrogens is 424 g/mol. The third-order valence-electron chi connectivity index (χ3n) is 5.13. The van der Waals surface area contributed by atoms with Gasteiger partial charge in [0.1, 0.15) is 18.1 Å². The molecule has 176 valence electrons. The van der Waals surface area contributed by atoms with E-state index in [2.05, 4.69) is 20.5 Å². The molecule has 4 N–H and O–H groups in total. The van der Waals surface area contributed by atoms with E-state index in [1.54, 1.807) is 12.1 Å². The molecule has 2 aromatic heterocycles. The van der Waals surface area contributed by atoms with Crippen LogP contribution < -0.4 is 16.6 Å². The van der Waals surface area contributed by atoms with Gasteiger partial charge in [-0.1, -0.05) is 65.0 Å². The molecule has 0 aliphatic heterocycles. The lowest BCUT2D eigenvalue weighted by atomic mass is 9.97. The quantitative estimate of drug-likeness (QED) is 0.491. The third kappa shape index (κ3) is 5.46. The minimum Gasteiger partial charge on any atom is -0.422 e. The molecule has 1 aromatic carbocycles. The van der Waals surface area contributed by atoms with Gasteiger partial charge in [-0.05, 0) is 5.92 Å². The van der Waals surface area contributed by atoms with Crippen molar-refractivity contribution in [2.75, 3.05) is 5.73 Å². The van der Waals surface area contributed by atoms with Gasteiger partial charge in [-0.25, -0.2) is 4.98 Å². The van der Waals surface area contributed by atoms with Gasteiger partial charge in [0.15, 0.2) is 6.10 Å². The van der Waals surface area contributed by atoms with Gasteiger partial charge in [0.25, 0.3) is 5.56 Å². The molecular formula is C23H30N6O4. The lowest BCUT2D eigenvalue weighted by molar-refractivity contribution is -0.124. The van der Waals surface area contributed by atoms with Gasteiger partial charge in [-0.2, -0.15) is 0 Å². The fraction of sp³-hybridized carbons (Fsp3) is 0.435. The first kappa shape index (κ1) is 24.1. The summed E-state index contributed by atoms with van der Waals surface area (Å²) >= 11 is 0. The highest BCUT2D eigenvalue weighted by Gasteiger charge is 2.32. The van der Waals surface area contributed by atoms with Gasteiger partial charge in [-0.15, -0.1) is 10.2 Å². The lowest BCUT2D eigenvalue weighted by Crippen LogP contribution is -2.45. The number of benzene rings is 1. The third-order valence-corrected chi connectivity index (χ3v) is 5.13. The maximum Gasteiger partial charge on any atom is 0.277 e. The van der Waals surface area contributed by atoms with Crippen LogP contribution in [0, 0.1) is 5.92 Å². The van der Waals surface area contributed by atoms with Crippen molar-refractivity contribution in [3.05, 3.63) is 58.7 Å². The number of hydrogen-bond donors (Lipinski definition) is 3. The first-order valence-electron chi connectivity index (χ1n) is 10.7. The SMILES string of the molecule is CC(C)[C@@H](NC(=O)Cn1c(-c2ccccc2)ncc(N)c1=O)[C@@H](O)c1nnc(C(C)(C)C)o1. The topological polar surface area (TPSA) is 149 Å². The van der Waals surface area contributed by atoms with Crippen molar-refractivity contribution in [3.8, 4) is 11.4 Å². The number of nitrogen functional groups attached to an aromatic ring is 1. The predicted molar refractivity (Wildman–Crippen MR) is 123 cm³/mol. The minimum atomic E-state index is -1.22. The van der Waals surface area contributed by atoms with Crippen LogP contribution in [0.5, 0.6) is 0 Å². The van der Waals surface area contributed by atoms with Crippen molar-refractivity contribution >= 4 is 11.6 Å². The molecule has 0 aliphatic rings. The number of rotatable bonds is 7.